The molecule has 0 N–H and O–H groups in total. The van der Waals surface area contributed by atoms with Gasteiger partial charge in [0.15, 0.2) is 9.84 Å². The number of sulfone groups is 1. The Labute approximate surface area is 159 Å². The molecule has 0 aliphatic carbocycles. The van der Waals surface area contributed by atoms with Gasteiger partial charge < -0.3 is 14.7 Å². The molecule has 1 aromatic rings. The van der Waals surface area contributed by atoms with E-state index < -0.39 is 9.84 Å². The standard InChI is InChI=1S/C17H25N5O4S/c1-3-22(14-4-9-27(25,26)11-14)16(24)15-10-13(2)18-17(19-15)21-7-5-20(12-23)6-8-21/h10,12,14H,3-9,11H2,1-2H3. The summed E-state index contributed by atoms with van der Waals surface area (Å²) in [6, 6.07) is 1.34. The van der Waals surface area contributed by atoms with Gasteiger partial charge in [0.2, 0.25) is 12.4 Å². The molecule has 1 unspecified atom stereocenters. The van der Waals surface area contributed by atoms with Crippen molar-refractivity contribution >= 4 is 28.1 Å². The second-order valence-corrected chi connectivity index (χ2v) is 9.20. The summed E-state index contributed by atoms with van der Waals surface area (Å²) in [6.45, 7) is 6.46. The summed E-state index contributed by atoms with van der Waals surface area (Å²) < 4.78 is 23.6. The lowest BCUT2D eigenvalue weighted by Crippen LogP contribution is -2.46. The molecule has 148 valence electrons. The first-order valence-electron chi connectivity index (χ1n) is 9.14. The summed E-state index contributed by atoms with van der Waals surface area (Å²) in [5.41, 5.74) is 0.956. The lowest BCUT2D eigenvalue weighted by molar-refractivity contribution is -0.118. The molecule has 0 saturated carbocycles. The van der Waals surface area contributed by atoms with Gasteiger partial charge in [0.25, 0.3) is 5.91 Å². The molecule has 2 saturated heterocycles. The Morgan fingerprint density at radius 1 is 1.30 bits per heavy atom. The minimum Gasteiger partial charge on any atom is -0.342 e. The Morgan fingerprint density at radius 3 is 2.56 bits per heavy atom. The number of rotatable bonds is 5. The Bertz CT molecular complexity index is 821. The Hall–Kier alpha value is -2.23. The third-order valence-corrected chi connectivity index (χ3v) is 6.81. The molecule has 9 nitrogen and oxygen atoms in total. The second-order valence-electron chi connectivity index (χ2n) is 6.97. The lowest BCUT2D eigenvalue weighted by Gasteiger charge is -2.33. The number of hydrogen-bond acceptors (Lipinski definition) is 7. The van der Waals surface area contributed by atoms with Crippen molar-refractivity contribution in [1.29, 1.82) is 0 Å². The summed E-state index contributed by atoms with van der Waals surface area (Å²) in [7, 11) is -3.08. The van der Waals surface area contributed by atoms with Gasteiger partial charge in [-0.1, -0.05) is 0 Å². The van der Waals surface area contributed by atoms with Gasteiger partial charge >= 0.3 is 0 Å². The molecule has 2 aliphatic heterocycles. The highest BCUT2D eigenvalue weighted by atomic mass is 32.2. The molecule has 2 amide bonds. The van der Waals surface area contributed by atoms with Crippen molar-refractivity contribution < 1.29 is 18.0 Å². The highest BCUT2D eigenvalue weighted by molar-refractivity contribution is 7.91. The first kappa shape index (κ1) is 19.5. The van der Waals surface area contributed by atoms with Crippen molar-refractivity contribution in [1.82, 2.24) is 19.8 Å². The van der Waals surface area contributed by atoms with Crippen molar-refractivity contribution in [2.24, 2.45) is 0 Å². The lowest BCUT2D eigenvalue weighted by atomic mass is 10.2. The third-order valence-electron chi connectivity index (χ3n) is 5.06. The van der Waals surface area contributed by atoms with E-state index in [9.17, 15) is 18.0 Å². The summed E-state index contributed by atoms with van der Waals surface area (Å²) >= 11 is 0. The van der Waals surface area contributed by atoms with E-state index in [0.717, 1.165) is 6.41 Å². The topological polar surface area (TPSA) is 104 Å². The zero-order valence-corrected chi connectivity index (χ0v) is 16.5. The molecule has 0 radical (unpaired) electrons. The molecule has 2 fully saturated rings. The fourth-order valence-electron chi connectivity index (χ4n) is 3.57. The maximum atomic E-state index is 13.0. The van der Waals surface area contributed by atoms with Crippen LogP contribution in [0.2, 0.25) is 0 Å². The largest absolute Gasteiger partial charge is 0.342 e. The molecular weight excluding hydrogens is 370 g/mol. The monoisotopic (exact) mass is 395 g/mol. The van der Waals surface area contributed by atoms with E-state index in [1.807, 2.05) is 11.8 Å². The van der Waals surface area contributed by atoms with E-state index >= 15 is 0 Å². The molecule has 1 atom stereocenters. The smallest absolute Gasteiger partial charge is 0.272 e. The molecule has 2 aliphatic rings. The highest BCUT2D eigenvalue weighted by Gasteiger charge is 2.35. The van der Waals surface area contributed by atoms with Crippen LogP contribution in [-0.2, 0) is 14.6 Å². The quantitative estimate of drug-likeness (QED) is 0.631. The van der Waals surface area contributed by atoms with E-state index in [1.165, 1.54) is 0 Å². The second kappa shape index (κ2) is 7.79. The van der Waals surface area contributed by atoms with Crippen LogP contribution in [0.25, 0.3) is 0 Å². The Kier molecular flexibility index (Phi) is 5.64. The van der Waals surface area contributed by atoms with Crippen LogP contribution in [0, 0.1) is 6.92 Å². The van der Waals surface area contributed by atoms with Crippen LogP contribution >= 0.6 is 0 Å². The SMILES string of the molecule is CCN(C(=O)c1cc(C)nc(N2CCN(C=O)CC2)n1)C1CCS(=O)(=O)C1. The molecule has 10 heteroatoms. The molecule has 0 aromatic carbocycles. The number of piperazine rings is 1. The fraction of sp³-hybridized carbons (Fsp3) is 0.647. The third kappa shape index (κ3) is 4.37. The van der Waals surface area contributed by atoms with Crippen LogP contribution in [0.5, 0.6) is 0 Å². The predicted octanol–water partition coefficient (Wildman–Crippen LogP) is -0.287. The van der Waals surface area contributed by atoms with Crippen LogP contribution in [0.15, 0.2) is 6.07 Å². The van der Waals surface area contributed by atoms with Crippen LogP contribution in [0.3, 0.4) is 0 Å². The summed E-state index contributed by atoms with van der Waals surface area (Å²) in [5.74, 6) is 0.338. The average Bonchev–Trinajstić information content (AvgIpc) is 3.01. The van der Waals surface area contributed by atoms with Crippen molar-refractivity contribution in [3.05, 3.63) is 17.5 Å². The number of hydrogen-bond donors (Lipinski definition) is 0. The number of aromatic nitrogens is 2. The van der Waals surface area contributed by atoms with Gasteiger partial charge in [0, 0.05) is 44.5 Å². The van der Waals surface area contributed by atoms with E-state index in [4.69, 9.17) is 0 Å². The van der Waals surface area contributed by atoms with E-state index in [-0.39, 0.29) is 29.1 Å². The van der Waals surface area contributed by atoms with Gasteiger partial charge in [0.05, 0.1) is 11.5 Å². The average molecular weight is 395 g/mol. The zero-order valence-electron chi connectivity index (χ0n) is 15.7. The molecule has 3 rings (SSSR count). The van der Waals surface area contributed by atoms with Crippen molar-refractivity contribution in [2.75, 3.05) is 49.1 Å². The van der Waals surface area contributed by atoms with Crippen LogP contribution in [-0.4, -0.2) is 90.8 Å². The van der Waals surface area contributed by atoms with Crippen molar-refractivity contribution in [3.8, 4) is 0 Å². The number of carbonyl (C=O) groups is 2. The van der Waals surface area contributed by atoms with Crippen molar-refractivity contribution in [2.45, 2.75) is 26.3 Å². The molecule has 1 aromatic heterocycles. The van der Waals surface area contributed by atoms with E-state index in [2.05, 4.69) is 9.97 Å². The normalized spacial score (nSPS) is 21.9. The first-order valence-corrected chi connectivity index (χ1v) is 11.0. The maximum absolute atomic E-state index is 13.0. The van der Waals surface area contributed by atoms with Gasteiger partial charge in [0.1, 0.15) is 5.69 Å². The molecule has 3 heterocycles. The molecule has 0 spiro atoms. The number of nitrogens with zero attached hydrogens (tertiary/aromatic N) is 5. The Morgan fingerprint density at radius 2 is 2.00 bits per heavy atom. The molecule has 27 heavy (non-hydrogen) atoms. The Balaban J connectivity index is 1.80. The minimum absolute atomic E-state index is 0.0111. The summed E-state index contributed by atoms with van der Waals surface area (Å²) in [5, 5.41) is 0. The predicted molar refractivity (Wildman–Crippen MR) is 100 cm³/mol. The van der Waals surface area contributed by atoms with Gasteiger partial charge in [-0.25, -0.2) is 18.4 Å². The van der Waals surface area contributed by atoms with E-state index in [1.54, 1.807) is 22.8 Å². The van der Waals surface area contributed by atoms with E-state index in [0.29, 0.717) is 50.8 Å². The molecule has 0 bridgehead atoms. The van der Waals surface area contributed by atoms with Crippen LogP contribution < -0.4 is 4.90 Å². The fourth-order valence-corrected chi connectivity index (χ4v) is 5.30. The number of anilines is 1. The summed E-state index contributed by atoms with van der Waals surface area (Å²) in [4.78, 5) is 38.0. The molecular formula is C17H25N5O4S. The van der Waals surface area contributed by atoms with Gasteiger partial charge in [-0.15, -0.1) is 0 Å². The number of amides is 2. The first-order chi connectivity index (χ1) is 12.8. The maximum Gasteiger partial charge on any atom is 0.272 e. The number of aryl methyl sites for hydroxylation is 1. The van der Waals surface area contributed by atoms with Gasteiger partial charge in [-0.2, -0.15) is 0 Å². The number of carbonyl (C=O) groups excluding carboxylic acids is 2. The summed E-state index contributed by atoms with van der Waals surface area (Å²) in [6.07, 6.45) is 1.30. The van der Waals surface area contributed by atoms with Gasteiger partial charge in [-0.05, 0) is 26.3 Å². The van der Waals surface area contributed by atoms with Gasteiger partial charge in [-0.3, -0.25) is 9.59 Å². The minimum atomic E-state index is -3.08. The van der Waals surface area contributed by atoms with Crippen LogP contribution in [0.1, 0.15) is 29.5 Å². The van der Waals surface area contributed by atoms with Crippen molar-refractivity contribution in [3.63, 3.8) is 0 Å². The zero-order chi connectivity index (χ0) is 19.6. The van der Waals surface area contributed by atoms with Crippen LogP contribution in [0.4, 0.5) is 5.95 Å². The highest BCUT2D eigenvalue weighted by Crippen LogP contribution is 2.21.